The van der Waals surface area contributed by atoms with Gasteiger partial charge in [-0.25, -0.2) is 4.39 Å². The number of nitrogens with one attached hydrogen (secondary N) is 1. The Morgan fingerprint density at radius 2 is 2.05 bits per heavy atom. The quantitative estimate of drug-likeness (QED) is 0.883. The molecule has 0 atom stereocenters. The molecule has 5 nitrogen and oxygen atoms in total. The standard InChI is InChI=1S/C15H15FN4O/c1-19-6-8-20(9-7-19)15-13(10-17)18-14(21-15)11-4-2-3-5-12(11)16/h2-5H,6-9H2,1H3/p+1. The van der Waals surface area contributed by atoms with E-state index in [9.17, 15) is 9.65 Å². The molecule has 3 rings (SSSR count). The van der Waals surface area contributed by atoms with E-state index in [1.807, 2.05) is 11.0 Å². The van der Waals surface area contributed by atoms with E-state index in [1.54, 1.807) is 18.2 Å². The van der Waals surface area contributed by atoms with Crippen LogP contribution in [-0.2, 0) is 0 Å². The Morgan fingerprint density at radius 3 is 2.71 bits per heavy atom. The molecule has 1 N–H and O–H groups in total. The van der Waals surface area contributed by atoms with E-state index in [0.29, 0.717) is 5.88 Å². The Morgan fingerprint density at radius 1 is 1.33 bits per heavy atom. The van der Waals surface area contributed by atoms with Gasteiger partial charge < -0.3 is 14.2 Å². The number of rotatable bonds is 2. The van der Waals surface area contributed by atoms with Crippen molar-refractivity contribution in [2.75, 3.05) is 38.1 Å². The number of halogens is 1. The van der Waals surface area contributed by atoms with Crippen molar-refractivity contribution in [1.82, 2.24) is 4.98 Å². The summed E-state index contributed by atoms with van der Waals surface area (Å²) in [5, 5.41) is 9.23. The normalized spacial score (nSPS) is 16.0. The maximum Gasteiger partial charge on any atom is 0.235 e. The van der Waals surface area contributed by atoms with Gasteiger partial charge in [-0.1, -0.05) is 12.1 Å². The molecule has 0 saturated carbocycles. The second-order valence-electron chi connectivity index (χ2n) is 5.21. The van der Waals surface area contributed by atoms with E-state index >= 15 is 0 Å². The third-order valence-corrected chi connectivity index (χ3v) is 3.72. The van der Waals surface area contributed by atoms with Crippen molar-refractivity contribution < 1.29 is 13.7 Å². The van der Waals surface area contributed by atoms with Crippen LogP contribution in [0.2, 0.25) is 0 Å². The van der Waals surface area contributed by atoms with Gasteiger partial charge in [0.05, 0.1) is 38.8 Å². The number of nitriles is 1. The molecule has 1 aliphatic heterocycles. The molecule has 0 amide bonds. The number of anilines is 1. The number of quaternary nitrogens is 1. The summed E-state index contributed by atoms with van der Waals surface area (Å²) in [6, 6.07) is 8.31. The van der Waals surface area contributed by atoms with Crippen LogP contribution >= 0.6 is 0 Å². The highest BCUT2D eigenvalue weighted by Gasteiger charge is 2.25. The molecule has 2 heterocycles. The molecule has 2 aromatic rings. The zero-order chi connectivity index (χ0) is 14.8. The minimum Gasteiger partial charge on any atom is -0.419 e. The number of oxazole rings is 1. The van der Waals surface area contributed by atoms with Gasteiger partial charge in [-0.05, 0) is 12.1 Å². The van der Waals surface area contributed by atoms with Gasteiger partial charge in [-0.2, -0.15) is 10.2 Å². The number of benzene rings is 1. The zero-order valence-corrected chi connectivity index (χ0v) is 11.8. The Kier molecular flexibility index (Phi) is 3.59. The average molecular weight is 287 g/mol. The van der Waals surface area contributed by atoms with Crippen molar-refractivity contribution in [3.8, 4) is 17.5 Å². The Hall–Kier alpha value is -2.39. The van der Waals surface area contributed by atoms with Gasteiger partial charge in [0.2, 0.25) is 17.5 Å². The van der Waals surface area contributed by atoms with E-state index in [1.165, 1.54) is 11.0 Å². The summed E-state index contributed by atoms with van der Waals surface area (Å²) < 4.78 is 19.5. The molecular formula is C15H16FN4O+. The van der Waals surface area contributed by atoms with Gasteiger partial charge in [-0.15, -0.1) is 0 Å². The lowest BCUT2D eigenvalue weighted by atomic mass is 10.2. The lowest BCUT2D eigenvalue weighted by Gasteiger charge is -2.29. The van der Waals surface area contributed by atoms with Crippen molar-refractivity contribution in [2.45, 2.75) is 0 Å². The minimum absolute atomic E-state index is 0.158. The lowest BCUT2D eigenvalue weighted by molar-refractivity contribution is -0.880. The van der Waals surface area contributed by atoms with E-state index in [2.05, 4.69) is 12.0 Å². The van der Waals surface area contributed by atoms with E-state index < -0.39 is 5.82 Å². The van der Waals surface area contributed by atoms with Gasteiger partial charge in [0.25, 0.3) is 0 Å². The minimum atomic E-state index is -0.405. The molecule has 0 aliphatic carbocycles. The van der Waals surface area contributed by atoms with Crippen LogP contribution in [0.3, 0.4) is 0 Å². The van der Waals surface area contributed by atoms with Crippen molar-refractivity contribution in [1.29, 1.82) is 5.26 Å². The van der Waals surface area contributed by atoms with Crippen LogP contribution in [0, 0.1) is 17.1 Å². The first-order chi connectivity index (χ1) is 10.2. The number of piperazine rings is 1. The van der Waals surface area contributed by atoms with Crippen molar-refractivity contribution in [3.05, 3.63) is 35.8 Å². The lowest BCUT2D eigenvalue weighted by Crippen LogP contribution is -3.12. The maximum absolute atomic E-state index is 13.8. The van der Waals surface area contributed by atoms with E-state index in [-0.39, 0.29) is 17.1 Å². The number of likely N-dealkylation sites (N-methyl/N-ethyl adjacent to an activating group) is 1. The van der Waals surface area contributed by atoms with Crippen LogP contribution in [0.25, 0.3) is 11.5 Å². The van der Waals surface area contributed by atoms with Gasteiger partial charge in [0.15, 0.2) is 0 Å². The average Bonchev–Trinajstić information content (AvgIpc) is 2.92. The maximum atomic E-state index is 13.8. The molecular weight excluding hydrogens is 271 g/mol. The van der Waals surface area contributed by atoms with Crippen molar-refractivity contribution in [3.63, 3.8) is 0 Å². The van der Waals surface area contributed by atoms with Crippen LogP contribution in [0.15, 0.2) is 28.7 Å². The molecule has 1 fully saturated rings. The third-order valence-electron chi connectivity index (χ3n) is 3.72. The third kappa shape index (κ3) is 2.60. The molecule has 6 heteroatoms. The first kappa shape index (κ1) is 13.6. The van der Waals surface area contributed by atoms with Gasteiger partial charge in [0, 0.05) is 0 Å². The second kappa shape index (κ2) is 5.54. The fraction of sp³-hybridized carbons (Fsp3) is 0.333. The van der Waals surface area contributed by atoms with Gasteiger partial charge >= 0.3 is 0 Å². The van der Waals surface area contributed by atoms with Crippen LogP contribution in [0.4, 0.5) is 10.3 Å². The largest absolute Gasteiger partial charge is 0.419 e. The Bertz CT molecular complexity index is 683. The van der Waals surface area contributed by atoms with Crippen LogP contribution in [0.1, 0.15) is 5.69 Å². The summed E-state index contributed by atoms with van der Waals surface area (Å²) >= 11 is 0. The highest BCUT2D eigenvalue weighted by molar-refractivity contribution is 5.60. The summed E-state index contributed by atoms with van der Waals surface area (Å²) in [6.45, 7) is 3.54. The topological polar surface area (TPSA) is 57.5 Å². The number of hydrogen-bond acceptors (Lipinski definition) is 4. The molecule has 0 bridgehead atoms. The van der Waals surface area contributed by atoms with Crippen molar-refractivity contribution >= 4 is 5.88 Å². The summed E-state index contributed by atoms with van der Waals surface area (Å²) in [5.41, 5.74) is 0.493. The van der Waals surface area contributed by atoms with Crippen LogP contribution in [0.5, 0.6) is 0 Å². The molecule has 21 heavy (non-hydrogen) atoms. The van der Waals surface area contributed by atoms with Crippen LogP contribution < -0.4 is 9.80 Å². The molecule has 0 radical (unpaired) electrons. The Labute approximate surface area is 122 Å². The Balaban J connectivity index is 1.96. The number of hydrogen-bond donors (Lipinski definition) is 1. The predicted molar refractivity (Wildman–Crippen MR) is 75.4 cm³/mol. The first-order valence-corrected chi connectivity index (χ1v) is 6.91. The molecule has 108 valence electrons. The SMILES string of the molecule is C[NH+]1CCN(c2oc(-c3ccccc3F)nc2C#N)CC1. The highest BCUT2D eigenvalue weighted by atomic mass is 19.1. The smallest absolute Gasteiger partial charge is 0.235 e. The second-order valence-corrected chi connectivity index (χ2v) is 5.21. The molecule has 0 unspecified atom stereocenters. The summed E-state index contributed by atoms with van der Waals surface area (Å²) in [6.07, 6.45) is 0. The van der Waals surface area contributed by atoms with Gasteiger partial charge in [-0.3, -0.25) is 0 Å². The zero-order valence-electron chi connectivity index (χ0n) is 11.8. The fourth-order valence-electron chi connectivity index (χ4n) is 2.44. The molecule has 1 saturated heterocycles. The number of aromatic nitrogens is 1. The highest BCUT2D eigenvalue weighted by Crippen LogP contribution is 2.29. The first-order valence-electron chi connectivity index (χ1n) is 6.91. The molecule has 1 aliphatic rings. The summed E-state index contributed by atoms with van der Waals surface area (Å²) in [7, 11) is 2.13. The monoisotopic (exact) mass is 287 g/mol. The molecule has 0 spiro atoms. The summed E-state index contributed by atoms with van der Waals surface area (Å²) in [5.74, 6) is 0.201. The van der Waals surface area contributed by atoms with Gasteiger partial charge in [0.1, 0.15) is 11.9 Å². The van der Waals surface area contributed by atoms with Crippen LogP contribution in [-0.4, -0.2) is 38.2 Å². The summed E-state index contributed by atoms with van der Waals surface area (Å²) in [4.78, 5) is 7.58. The number of nitrogens with zero attached hydrogens (tertiary/aromatic N) is 3. The molecule has 1 aromatic heterocycles. The predicted octanol–water partition coefficient (Wildman–Crippen LogP) is 0.687. The van der Waals surface area contributed by atoms with Crippen molar-refractivity contribution in [2.24, 2.45) is 0 Å². The van der Waals surface area contributed by atoms with E-state index in [4.69, 9.17) is 4.42 Å². The molecule has 1 aromatic carbocycles. The van der Waals surface area contributed by atoms with E-state index in [0.717, 1.165) is 26.2 Å². The fourth-order valence-corrected chi connectivity index (χ4v) is 2.44.